The Morgan fingerprint density at radius 2 is 2.29 bits per heavy atom. The highest BCUT2D eigenvalue weighted by Gasteiger charge is 2.72. The molecular formula is C22H30N2O4. The second kappa shape index (κ2) is 6.46. The highest BCUT2D eigenvalue weighted by atomic mass is 16.5. The lowest BCUT2D eigenvalue weighted by atomic mass is 9.48. The average Bonchev–Trinajstić information content (AvgIpc) is 3.04. The molecule has 0 amide bonds. The van der Waals surface area contributed by atoms with Gasteiger partial charge in [-0.25, -0.2) is 0 Å². The van der Waals surface area contributed by atoms with E-state index in [-0.39, 0.29) is 24.8 Å². The molecule has 152 valence electrons. The molecule has 1 saturated carbocycles. The monoisotopic (exact) mass is 386 g/mol. The van der Waals surface area contributed by atoms with Crippen LogP contribution >= 0.6 is 0 Å². The van der Waals surface area contributed by atoms with Gasteiger partial charge in [0.2, 0.25) is 0 Å². The summed E-state index contributed by atoms with van der Waals surface area (Å²) in [5.74, 6) is 1.56. The summed E-state index contributed by atoms with van der Waals surface area (Å²) in [7, 11) is 1.67. The number of hydrogen-bond acceptors (Lipinski definition) is 6. The first-order valence-electron chi connectivity index (χ1n) is 10.4. The van der Waals surface area contributed by atoms with Gasteiger partial charge in [-0.1, -0.05) is 12.1 Å². The van der Waals surface area contributed by atoms with Crippen LogP contribution in [0.1, 0.15) is 30.4 Å². The SMILES string of the molecule is C=CCN1CC[C@@]23c4c5ccc(OC)c4OC2C(NCCO)CC[C@]3(O)[C@@H]1C5. The number of piperidine rings is 1. The van der Waals surface area contributed by atoms with Crippen molar-refractivity contribution in [2.45, 2.75) is 54.9 Å². The van der Waals surface area contributed by atoms with Crippen LogP contribution in [0.4, 0.5) is 0 Å². The van der Waals surface area contributed by atoms with Gasteiger partial charge in [-0.2, -0.15) is 0 Å². The fourth-order valence-corrected chi connectivity index (χ4v) is 6.62. The number of benzene rings is 1. The van der Waals surface area contributed by atoms with Crippen molar-refractivity contribution in [3.05, 3.63) is 35.9 Å². The molecule has 1 saturated heterocycles. The summed E-state index contributed by atoms with van der Waals surface area (Å²) in [5, 5.41) is 25.0. The Bertz CT molecular complexity index is 799. The quantitative estimate of drug-likeness (QED) is 0.633. The number of aliphatic hydroxyl groups is 2. The number of methoxy groups -OCH3 is 1. The summed E-state index contributed by atoms with van der Waals surface area (Å²) in [6.07, 6.45) is 5.01. The smallest absolute Gasteiger partial charge is 0.165 e. The predicted molar refractivity (Wildman–Crippen MR) is 106 cm³/mol. The van der Waals surface area contributed by atoms with Gasteiger partial charge in [0.15, 0.2) is 11.5 Å². The van der Waals surface area contributed by atoms with Crippen molar-refractivity contribution in [2.75, 3.05) is 33.4 Å². The molecule has 2 heterocycles. The molecule has 2 aliphatic heterocycles. The normalized spacial score (nSPS) is 37.9. The van der Waals surface area contributed by atoms with Crippen molar-refractivity contribution in [3.63, 3.8) is 0 Å². The Kier molecular flexibility index (Phi) is 4.25. The molecule has 2 fully saturated rings. The second-order valence-corrected chi connectivity index (χ2v) is 8.64. The highest BCUT2D eigenvalue weighted by Crippen LogP contribution is 2.65. The van der Waals surface area contributed by atoms with Crippen LogP contribution in [0.3, 0.4) is 0 Å². The zero-order valence-electron chi connectivity index (χ0n) is 16.5. The van der Waals surface area contributed by atoms with E-state index in [9.17, 15) is 10.2 Å². The van der Waals surface area contributed by atoms with Crippen molar-refractivity contribution in [1.82, 2.24) is 10.2 Å². The Morgan fingerprint density at radius 3 is 3.04 bits per heavy atom. The van der Waals surface area contributed by atoms with E-state index in [1.807, 2.05) is 12.1 Å². The molecule has 1 spiro atoms. The number of nitrogens with one attached hydrogen (secondary N) is 1. The van der Waals surface area contributed by atoms with Gasteiger partial charge in [0.05, 0.1) is 24.7 Å². The third-order valence-corrected chi connectivity index (χ3v) is 7.66. The molecule has 0 aromatic heterocycles. The van der Waals surface area contributed by atoms with Gasteiger partial charge in [-0.05, 0) is 43.9 Å². The maximum absolute atomic E-state index is 12.2. The fourth-order valence-electron chi connectivity index (χ4n) is 6.62. The van der Waals surface area contributed by atoms with Crippen LogP contribution in [0.25, 0.3) is 0 Å². The van der Waals surface area contributed by atoms with Gasteiger partial charge in [-0.3, -0.25) is 4.90 Å². The van der Waals surface area contributed by atoms with Crippen molar-refractivity contribution in [3.8, 4) is 11.5 Å². The minimum Gasteiger partial charge on any atom is -0.493 e. The van der Waals surface area contributed by atoms with Gasteiger partial charge in [-0.15, -0.1) is 6.58 Å². The van der Waals surface area contributed by atoms with E-state index >= 15 is 0 Å². The summed E-state index contributed by atoms with van der Waals surface area (Å²) in [5.41, 5.74) is 1.17. The van der Waals surface area contributed by atoms with E-state index in [0.29, 0.717) is 6.54 Å². The number of aliphatic hydroxyl groups excluding tert-OH is 1. The van der Waals surface area contributed by atoms with E-state index in [4.69, 9.17) is 9.47 Å². The molecule has 2 aliphatic carbocycles. The number of hydrogen-bond donors (Lipinski definition) is 3. The topological polar surface area (TPSA) is 74.2 Å². The molecule has 28 heavy (non-hydrogen) atoms. The molecular weight excluding hydrogens is 356 g/mol. The molecule has 6 nitrogen and oxygen atoms in total. The van der Waals surface area contributed by atoms with Crippen LogP contribution in [0.5, 0.6) is 11.5 Å². The van der Waals surface area contributed by atoms with Gasteiger partial charge >= 0.3 is 0 Å². The van der Waals surface area contributed by atoms with Gasteiger partial charge in [0, 0.05) is 30.7 Å². The first kappa shape index (κ1) is 18.4. The molecule has 2 unspecified atom stereocenters. The Hall–Kier alpha value is -1.60. The van der Waals surface area contributed by atoms with Crippen molar-refractivity contribution in [2.24, 2.45) is 0 Å². The predicted octanol–water partition coefficient (Wildman–Crippen LogP) is 0.986. The first-order valence-corrected chi connectivity index (χ1v) is 10.4. The Morgan fingerprint density at radius 1 is 1.43 bits per heavy atom. The second-order valence-electron chi connectivity index (χ2n) is 8.64. The third-order valence-electron chi connectivity index (χ3n) is 7.66. The molecule has 0 radical (unpaired) electrons. The van der Waals surface area contributed by atoms with Crippen LogP contribution in [0.15, 0.2) is 24.8 Å². The Labute approximate surface area is 166 Å². The van der Waals surface area contributed by atoms with Crippen LogP contribution in [0.2, 0.25) is 0 Å². The summed E-state index contributed by atoms with van der Waals surface area (Å²) in [6, 6.07) is 4.31. The van der Waals surface area contributed by atoms with Crippen molar-refractivity contribution >= 4 is 0 Å². The van der Waals surface area contributed by atoms with E-state index in [0.717, 1.165) is 50.3 Å². The molecule has 5 atom stereocenters. The van der Waals surface area contributed by atoms with E-state index in [1.54, 1.807) is 7.11 Å². The summed E-state index contributed by atoms with van der Waals surface area (Å²) in [4.78, 5) is 2.39. The van der Waals surface area contributed by atoms with Crippen molar-refractivity contribution in [1.29, 1.82) is 0 Å². The lowest BCUT2D eigenvalue weighted by molar-refractivity contribution is -0.189. The molecule has 4 aliphatic rings. The summed E-state index contributed by atoms with van der Waals surface area (Å²) in [6.45, 7) is 6.26. The summed E-state index contributed by atoms with van der Waals surface area (Å²) >= 11 is 0. The average molecular weight is 386 g/mol. The standard InChI is InChI=1S/C22H30N2O4/c1-3-10-24-11-8-21-18-14-4-5-16(27-2)19(18)28-20(21)15(23-9-12-25)6-7-22(21,26)17(24)13-14/h3-5,15,17,20,23,25-26H,1,6-13H2,2H3/t15?,17-,20?,21+,22-/m0/s1. The van der Waals surface area contributed by atoms with E-state index < -0.39 is 11.0 Å². The van der Waals surface area contributed by atoms with E-state index in [2.05, 4.69) is 22.9 Å². The molecule has 2 bridgehead atoms. The minimum absolute atomic E-state index is 0.0657. The maximum Gasteiger partial charge on any atom is 0.165 e. The largest absolute Gasteiger partial charge is 0.493 e. The van der Waals surface area contributed by atoms with Crippen LogP contribution in [0, 0.1) is 0 Å². The lowest BCUT2D eigenvalue weighted by Crippen LogP contribution is -2.78. The number of likely N-dealkylation sites (tertiary alicyclic amines) is 1. The zero-order valence-corrected chi connectivity index (χ0v) is 16.5. The third kappa shape index (κ3) is 2.12. The van der Waals surface area contributed by atoms with Gasteiger partial charge < -0.3 is 25.0 Å². The lowest BCUT2D eigenvalue weighted by Gasteiger charge is -2.64. The molecule has 6 heteroatoms. The molecule has 1 aromatic carbocycles. The van der Waals surface area contributed by atoms with Gasteiger partial charge in [0.1, 0.15) is 6.10 Å². The molecule has 5 rings (SSSR count). The first-order chi connectivity index (χ1) is 13.6. The summed E-state index contributed by atoms with van der Waals surface area (Å²) < 4.78 is 12.2. The highest BCUT2D eigenvalue weighted by molar-refractivity contribution is 5.63. The zero-order chi connectivity index (χ0) is 19.5. The fraction of sp³-hybridized carbons (Fsp3) is 0.636. The number of ether oxygens (including phenoxy) is 2. The van der Waals surface area contributed by atoms with Crippen LogP contribution in [-0.2, 0) is 11.8 Å². The van der Waals surface area contributed by atoms with E-state index in [1.165, 1.54) is 11.1 Å². The Balaban J connectivity index is 1.69. The molecule has 1 aromatic rings. The van der Waals surface area contributed by atoms with Crippen LogP contribution < -0.4 is 14.8 Å². The van der Waals surface area contributed by atoms with Crippen LogP contribution in [-0.4, -0.2) is 72.3 Å². The van der Waals surface area contributed by atoms with Gasteiger partial charge in [0.25, 0.3) is 0 Å². The number of nitrogens with zero attached hydrogens (tertiary/aromatic N) is 1. The minimum atomic E-state index is -0.832. The number of rotatable bonds is 6. The maximum atomic E-state index is 12.2. The van der Waals surface area contributed by atoms with Crippen molar-refractivity contribution < 1.29 is 19.7 Å². The molecule has 3 N–H and O–H groups in total.